The van der Waals surface area contributed by atoms with Gasteiger partial charge in [-0.2, -0.15) is 0 Å². The number of anilines is 2. The summed E-state index contributed by atoms with van der Waals surface area (Å²) >= 11 is 0. The third-order valence-corrected chi connectivity index (χ3v) is 6.25. The monoisotopic (exact) mass is 451 g/mol. The largest absolute Gasteiger partial charge is 0.399 e. The van der Waals surface area contributed by atoms with Crippen molar-refractivity contribution in [3.05, 3.63) is 77.9 Å². The van der Waals surface area contributed by atoms with Crippen LogP contribution in [0.2, 0.25) is 0 Å². The minimum atomic E-state index is -0.0927. The van der Waals surface area contributed by atoms with Gasteiger partial charge in [-0.15, -0.1) is 0 Å². The number of nitrogen functional groups attached to an aromatic ring is 1. The molecule has 0 aliphatic heterocycles. The molecular formula is C26H25N7O. The number of aromatic nitrogens is 3. The van der Waals surface area contributed by atoms with Gasteiger partial charge in [-0.25, -0.2) is 14.8 Å². The summed E-state index contributed by atoms with van der Waals surface area (Å²) in [7, 11) is 0. The van der Waals surface area contributed by atoms with Crippen molar-refractivity contribution in [1.82, 2.24) is 20.3 Å². The van der Waals surface area contributed by atoms with Gasteiger partial charge < -0.3 is 21.4 Å². The van der Waals surface area contributed by atoms with Gasteiger partial charge in [-0.3, -0.25) is 4.79 Å². The van der Waals surface area contributed by atoms with Gasteiger partial charge in [-0.05, 0) is 56.0 Å². The Hall–Kier alpha value is -4.38. The van der Waals surface area contributed by atoms with Crippen molar-refractivity contribution < 1.29 is 4.79 Å². The molecule has 2 aromatic heterocycles. The fraction of sp³-hybridized carbons (Fsp3) is 0.231. The molecule has 8 nitrogen and oxygen atoms in total. The van der Waals surface area contributed by atoms with Crippen LogP contribution in [0.4, 0.5) is 17.3 Å². The number of rotatable bonds is 5. The lowest BCUT2D eigenvalue weighted by molar-refractivity contribution is 0.0926. The van der Waals surface area contributed by atoms with Gasteiger partial charge in [0.1, 0.15) is 0 Å². The summed E-state index contributed by atoms with van der Waals surface area (Å²) in [5, 5.41) is 7.58. The third kappa shape index (κ3) is 4.41. The Kier molecular flexibility index (Phi) is 5.83. The number of fused-ring (bicyclic) bond motifs is 1. The molecule has 1 aliphatic carbocycles. The van der Waals surface area contributed by atoms with E-state index in [2.05, 4.69) is 25.4 Å². The second-order valence-corrected chi connectivity index (χ2v) is 8.59. The molecule has 1 amide bonds. The van der Waals surface area contributed by atoms with Gasteiger partial charge in [0.2, 0.25) is 11.6 Å². The Bertz CT molecular complexity index is 1370. The molecule has 0 saturated heterocycles. The third-order valence-electron chi connectivity index (χ3n) is 6.25. The van der Waals surface area contributed by atoms with Crippen molar-refractivity contribution in [3.8, 4) is 11.3 Å². The van der Waals surface area contributed by atoms with Crippen molar-refractivity contribution >= 4 is 34.1 Å². The van der Waals surface area contributed by atoms with Crippen LogP contribution < -0.4 is 16.4 Å². The van der Waals surface area contributed by atoms with E-state index in [4.69, 9.17) is 17.3 Å². The summed E-state index contributed by atoms with van der Waals surface area (Å²) < 4.78 is 0. The van der Waals surface area contributed by atoms with Crippen LogP contribution in [0.3, 0.4) is 0 Å². The lowest BCUT2D eigenvalue weighted by atomic mass is 9.91. The minimum Gasteiger partial charge on any atom is -0.399 e. The Balaban J connectivity index is 1.31. The predicted molar refractivity (Wildman–Crippen MR) is 134 cm³/mol. The van der Waals surface area contributed by atoms with E-state index >= 15 is 0 Å². The summed E-state index contributed by atoms with van der Waals surface area (Å²) in [6.07, 6.45) is 7.11. The van der Waals surface area contributed by atoms with Crippen LogP contribution in [0.25, 0.3) is 27.0 Å². The molecule has 2 atom stereocenters. The van der Waals surface area contributed by atoms with E-state index < -0.39 is 0 Å². The van der Waals surface area contributed by atoms with Crippen LogP contribution in [-0.4, -0.2) is 32.9 Å². The smallest absolute Gasteiger partial charge is 0.251 e. The van der Waals surface area contributed by atoms with Crippen LogP contribution >= 0.6 is 0 Å². The maximum Gasteiger partial charge on any atom is 0.251 e. The predicted octanol–water partition coefficient (Wildman–Crippen LogP) is 4.91. The molecule has 34 heavy (non-hydrogen) atoms. The number of hydrogen-bond acceptors (Lipinski definition) is 5. The van der Waals surface area contributed by atoms with Gasteiger partial charge in [0.25, 0.3) is 5.91 Å². The Labute approximate surface area is 197 Å². The Morgan fingerprint density at radius 3 is 2.74 bits per heavy atom. The summed E-state index contributed by atoms with van der Waals surface area (Å²) in [5.41, 5.74) is 9.84. The second-order valence-electron chi connectivity index (χ2n) is 8.59. The fourth-order valence-corrected chi connectivity index (χ4v) is 4.53. The average Bonchev–Trinajstić information content (AvgIpc) is 3.29. The topological polar surface area (TPSA) is 113 Å². The summed E-state index contributed by atoms with van der Waals surface area (Å²) in [5.74, 6) is 0.396. The zero-order valence-corrected chi connectivity index (χ0v) is 18.6. The number of carbonyl (C=O) groups is 1. The fourth-order valence-electron chi connectivity index (χ4n) is 4.53. The molecule has 1 fully saturated rings. The van der Waals surface area contributed by atoms with Crippen molar-refractivity contribution in [2.45, 2.75) is 37.8 Å². The van der Waals surface area contributed by atoms with Gasteiger partial charge in [-0.1, -0.05) is 18.2 Å². The first-order valence-corrected chi connectivity index (χ1v) is 11.3. The zero-order valence-electron chi connectivity index (χ0n) is 18.6. The first kappa shape index (κ1) is 21.5. The van der Waals surface area contributed by atoms with Crippen molar-refractivity contribution in [2.24, 2.45) is 0 Å². The molecule has 0 unspecified atom stereocenters. The van der Waals surface area contributed by atoms with Crippen LogP contribution in [0.15, 0.2) is 60.9 Å². The number of hydrogen-bond donors (Lipinski definition) is 4. The number of H-pyrrole nitrogens is 1. The Morgan fingerprint density at radius 1 is 1.12 bits per heavy atom. The molecule has 8 heteroatoms. The zero-order chi connectivity index (χ0) is 23.5. The highest BCUT2D eigenvalue weighted by Crippen LogP contribution is 2.34. The molecule has 170 valence electrons. The van der Waals surface area contributed by atoms with E-state index in [9.17, 15) is 4.79 Å². The van der Waals surface area contributed by atoms with Crippen molar-refractivity contribution in [3.63, 3.8) is 0 Å². The molecule has 2 aromatic carbocycles. The van der Waals surface area contributed by atoms with E-state index in [1.165, 1.54) is 0 Å². The molecule has 1 saturated carbocycles. The maximum absolute atomic E-state index is 12.6. The maximum atomic E-state index is 12.6. The lowest BCUT2D eigenvalue weighted by Crippen LogP contribution is -2.42. The number of para-hydroxylation sites is 1. The molecule has 0 bridgehead atoms. The average molecular weight is 452 g/mol. The quantitative estimate of drug-likeness (QED) is 0.254. The van der Waals surface area contributed by atoms with Crippen molar-refractivity contribution in [1.29, 1.82) is 0 Å². The van der Waals surface area contributed by atoms with Gasteiger partial charge in [0, 0.05) is 52.2 Å². The van der Waals surface area contributed by atoms with E-state index in [0.717, 1.165) is 42.1 Å². The molecular weight excluding hydrogens is 426 g/mol. The number of nitrogens with one attached hydrogen (secondary N) is 3. The molecule has 4 aromatic rings. The highest BCUT2D eigenvalue weighted by atomic mass is 16.1. The number of carbonyl (C=O) groups excluding carboxylic acids is 1. The first-order chi connectivity index (χ1) is 16.6. The minimum absolute atomic E-state index is 0.0619. The number of aromatic amines is 1. The van der Waals surface area contributed by atoms with Gasteiger partial charge in [0.05, 0.1) is 12.3 Å². The summed E-state index contributed by atoms with van der Waals surface area (Å²) in [6.45, 7) is 7.56. The first-order valence-electron chi connectivity index (χ1n) is 11.3. The molecule has 2 heterocycles. The number of nitrogens with two attached hydrogens (primary N) is 1. The number of amides is 1. The van der Waals surface area contributed by atoms with Crippen LogP contribution in [0.5, 0.6) is 0 Å². The van der Waals surface area contributed by atoms with Crippen LogP contribution in [0, 0.1) is 6.57 Å². The van der Waals surface area contributed by atoms with E-state index in [-0.39, 0.29) is 18.0 Å². The van der Waals surface area contributed by atoms with E-state index in [1.807, 2.05) is 30.5 Å². The van der Waals surface area contributed by atoms with Crippen LogP contribution in [-0.2, 0) is 0 Å². The van der Waals surface area contributed by atoms with Gasteiger partial charge in [0.15, 0.2) is 0 Å². The summed E-state index contributed by atoms with van der Waals surface area (Å²) in [6, 6.07) is 15.1. The normalized spacial score (nSPS) is 17.7. The highest BCUT2D eigenvalue weighted by Gasteiger charge is 2.25. The van der Waals surface area contributed by atoms with Crippen molar-refractivity contribution in [2.75, 3.05) is 11.1 Å². The van der Waals surface area contributed by atoms with Crippen LogP contribution in [0.1, 0.15) is 36.0 Å². The SMILES string of the molecule is [C-]#[N+]c1cnc(N[C@@H]2CCC[C@H](NC(=O)c3ccc(N)cc3)C2)nc1-c1c[nH]c2ccccc12. The molecule has 0 radical (unpaired) electrons. The molecule has 5 rings (SSSR count). The Morgan fingerprint density at radius 2 is 1.91 bits per heavy atom. The standard InChI is InChI=1S/C26H25N7O/c1-28-23-15-30-26(33-24(23)21-14-29-22-8-3-2-7-20(21)22)32-19-6-4-5-18(13-19)31-25(34)16-9-11-17(27)12-10-16/h2-3,7-12,14-15,18-19,29H,4-6,13,27H2,(H,31,34)(H,30,32,33)/t18-,19+/m0/s1. The lowest BCUT2D eigenvalue weighted by Gasteiger charge is -2.30. The van der Waals surface area contributed by atoms with E-state index in [1.54, 1.807) is 30.5 Å². The van der Waals surface area contributed by atoms with Gasteiger partial charge >= 0.3 is 0 Å². The summed E-state index contributed by atoms with van der Waals surface area (Å²) in [4.78, 5) is 28.6. The number of benzene rings is 2. The molecule has 1 aliphatic rings. The second kappa shape index (κ2) is 9.24. The number of nitrogens with zero attached hydrogens (tertiary/aromatic N) is 3. The molecule has 5 N–H and O–H groups in total. The molecule has 0 spiro atoms. The van der Waals surface area contributed by atoms with E-state index in [0.29, 0.717) is 28.6 Å². The highest BCUT2D eigenvalue weighted by molar-refractivity contribution is 5.97.